The van der Waals surface area contributed by atoms with Crippen molar-refractivity contribution in [2.75, 3.05) is 12.4 Å². The lowest BCUT2D eigenvalue weighted by molar-refractivity contribution is 0.413. The van der Waals surface area contributed by atoms with Crippen LogP contribution in [0.4, 0.5) is 10.1 Å². The number of methoxy groups -OCH3 is 1. The maximum atomic E-state index is 13.1. The largest absolute Gasteiger partial charge is 0.494 e. The molecule has 1 heterocycles. The number of nitrogens with zero attached hydrogens (tertiary/aromatic N) is 2. The molecule has 6 heteroatoms. The third-order valence-electron chi connectivity index (χ3n) is 2.89. The number of anilines is 1. The second-order valence-corrected chi connectivity index (χ2v) is 4.53. The summed E-state index contributed by atoms with van der Waals surface area (Å²) in [7, 11) is 3.29. The molecule has 1 N–H and O–H groups in total. The standard InChI is InChI=1S/C13H15ClFN3O/c1-8-10(13(14)18(2)17-8)7-16-11-5-4-9(15)6-12(11)19-3/h4-6,16H,7H2,1-3H3. The normalized spacial score (nSPS) is 10.6. The van der Waals surface area contributed by atoms with E-state index in [1.54, 1.807) is 17.8 Å². The van der Waals surface area contributed by atoms with Gasteiger partial charge in [-0.05, 0) is 19.1 Å². The molecule has 0 saturated carbocycles. The average molecular weight is 284 g/mol. The van der Waals surface area contributed by atoms with Crippen molar-refractivity contribution in [3.05, 3.63) is 40.4 Å². The molecule has 4 nitrogen and oxygen atoms in total. The molecular formula is C13H15ClFN3O. The highest BCUT2D eigenvalue weighted by molar-refractivity contribution is 6.30. The van der Waals surface area contributed by atoms with Crippen molar-refractivity contribution in [2.45, 2.75) is 13.5 Å². The Morgan fingerprint density at radius 3 is 2.79 bits per heavy atom. The molecule has 0 amide bonds. The predicted octanol–water partition coefficient (Wildman–Crippen LogP) is 3.14. The van der Waals surface area contributed by atoms with Crippen LogP contribution in [0.3, 0.4) is 0 Å². The van der Waals surface area contributed by atoms with Crippen LogP contribution >= 0.6 is 11.6 Å². The maximum Gasteiger partial charge on any atom is 0.144 e. The molecule has 1 aromatic carbocycles. The highest BCUT2D eigenvalue weighted by Gasteiger charge is 2.12. The monoisotopic (exact) mass is 283 g/mol. The van der Waals surface area contributed by atoms with E-state index in [1.165, 1.54) is 19.2 Å². The Morgan fingerprint density at radius 1 is 1.47 bits per heavy atom. The Labute approximate surface area is 116 Å². The van der Waals surface area contributed by atoms with E-state index in [4.69, 9.17) is 16.3 Å². The van der Waals surface area contributed by atoms with Crippen LogP contribution in [0.15, 0.2) is 18.2 Å². The lowest BCUT2D eigenvalue weighted by Gasteiger charge is -2.11. The van der Waals surface area contributed by atoms with E-state index in [9.17, 15) is 4.39 Å². The van der Waals surface area contributed by atoms with Crippen molar-refractivity contribution in [1.29, 1.82) is 0 Å². The fourth-order valence-electron chi connectivity index (χ4n) is 1.87. The van der Waals surface area contributed by atoms with Gasteiger partial charge in [-0.3, -0.25) is 4.68 Å². The van der Waals surface area contributed by atoms with Crippen LogP contribution in [-0.4, -0.2) is 16.9 Å². The van der Waals surface area contributed by atoms with E-state index < -0.39 is 0 Å². The fraction of sp³-hybridized carbons (Fsp3) is 0.308. The van der Waals surface area contributed by atoms with E-state index in [1.807, 2.05) is 6.92 Å². The Balaban J connectivity index is 2.19. The predicted molar refractivity (Wildman–Crippen MR) is 73.2 cm³/mol. The number of hydrogen-bond donors (Lipinski definition) is 1. The first-order valence-corrected chi connectivity index (χ1v) is 6.16. The van der Waals surface area contributed by atoms with Gasteiger partial charge in [0.05, 0.1) is 18.5 Å². The number of hydrogen-bond acceptors (Lipinski definition) is 3. The van der Waals surface area contributed by atoms with Gasteiger partial charge in [0, 0.05) is 25.2 Å². The van der Waals surface area contributed by atoms with E-state index in [-0.39, 0.29) is 5.82 Å². The summed E-state index contributed by atoms with van der Waals surface area (Å²) in [6.45, 7) is 2.39. The van der Waals surface area contributed by atoms with E-state index >= 15 is 0 Å². The van der Waals surface area contributed by atoms with E-state index in [0.29, 0.717) is 23.1 Å². The van der Waals surface area contributed by atoms with Crippen molar-refractivity contribution in [3.8, 4) is 5.75 Å². The molecule has 0 radical (unpaired) electrons. The van der Waals surface area contributed by atoms with Crippen LogP contribution in [0.5, 0.6) is 5.75 Å². The first kappa shape index (κ1) is 13.7. The number of aryl methyl sites for hydroxylation is 2. The molecule has 1 aromatic heterocycles. The molecule has 0 aliphatic rings. The summed E-state index contributed by atoms with van der Waals surface area (Å²) in [5, 5.41) is 8.00. The quantitative estimate of drug-likeness (QED) is 0.937. The number of ether oxygens (including phenoxy) is 1. The fourth-order valence-corrected chi connectivity index (χ4v) is 2.11. The molecule has 2 rings (SSSR count). The Kier molecular flexibility index (Phi) is 3.95. The topological polar surface area (TPSA) is 39.1 Å². The maximum absolute atomic E-state index is 13.1. The van der Waals surface area contributed by atoms with E-state index in [0.717, 1.165) is 11.3 Å². The zero-order valence-electron chi connectivity index (χ0n) is 11.0. The molecule has 0 saturated heterocycles. The summed E-state index contributed by atoms with van der Waals surface area (Å²) in [6.07, 6.45) is 0. The summed E-state index contributed by atoms with van der Waals surface area (Å²) in [4.78, 5) is 0. The van der Waals surface area contributed by atoms with Gasteiger partial charge in [-0.1, -0.05) is 11.6 Å². The minimum atomic E-state index is -0.335. The van der Waals surface area contributed by atoms with Crippen LogP contribution in [0.1, 0.15) is 11.3 Å². The van der Waals surface area contributed by atoms with Crippen LogP contribution in [-0.2, 0) is 13.6 Å². The van der Waals surface area contributed by atoms with Gasteiger partial charge < -0.3 is 10.1 Å². The van der Waals surface area contributed by atoms with Gasteiger partial charge >= 0.3 is 0 Å². The number of nitrogens with one attached hydrogen (secondary N) is 1. The molecule has 0 aliphatic carbocycles. The minimum Gasteiger partial charge on any atom is -0.494 e. The highest BCUT2D eigenvalue weighted by Crippen LogP contribution is 2.27. The molecule has 0 atom stereocenters. The van der Waals surface area contributed by atoms with Gasteiger partial charge in [0.1, 0.15) is 16.7 Å². The number of aromatic nitrogens is 2. The lowest BCUT2D eigenvalue weighted by Crippen LogP contribution is -2.02. The summed E-state index contributed by atoms with van der Waals surface area (Å²) >= 11 is 6.15. The summed E-state index contributed by atoms with van der Waals surface area (Å²) < 4.78 is 19.8. The zero-order chi connectivity index (χ0) is 14.0. The molecule has 0 aliphatic heterocycles. The first-order valence-electron chi connectivity index (χ1n) is 5.78. The Hall–Kier alpha value is -1.75. The number of benzene rings is 1. The smallest absolute Gasteiger partial charge is 0.144 e. The van der Waals surface area contributed by atoms with Gasteiger partial charge in [0.2, 0.25) is 0 Å². The molecule has 0 spiro atoms. The van der Waals surface area contributed by atoms with Gasteiger partial charge in [-0.2, -0.15) is 5.10 Å². The number of halogens is 2. The molecule has 0 fully saturated rings. The summed E-state index contributed by atoms with van der Waals surface area (Å²) in [6, 6.07) is 4.34. The minimum absolute atomic E-state index is 0.335. The van der Waals surface area contributed by atoms with Crippen molar-refractivity contribution < 1.29 is 9.13 Å². The van der Waals surface area contributed by atoms with Crippen molar-refractivity contribution in [1.82, 2.24) is 9.78 Å². The van der Waals surface area contributed by atoms with Crippen molar-refractivity contribution >= 4 is 17.3 Å². The van der Waals surface area contributed by atoms with E-state index in [2.05, 4.69) is 10.4 Å². The third-order valence-corrected chi connectivity index (χ3v) is 3.36. The molecule has 102 valence electrons. The third kappa shape index (κ3) is 2.81. The molecule has 0 unspecified atom stereocenters. The van der Waals surface area contributed by atoms with Gasteiger partial charge in [-0.25, -0.2) is 4.39 Å². The Bertz CT molecular complexity index is 598. The van der Waals surface area contributed by atoms with Crippen molar-refractivity contribution in [3.63, 3.8) is 0 Å². The SMILES string of the molecule is COc1cc(F)ccc1NCc1c(C)nn(C)c1Cl. The van der Waals surface area contributed by atoms with Crippen LogP contribution < -0.4 is 10.1 Å². The highest BCUT2D eigenvalue weighted by atomic mass is 35.5. The molecular weight excluding hydrogens is 269 g/mol. The first-order chi connectivity index (χ1) is 9.02. The van der Waals surface area contributed by atoms with Crippen molar-refractivity contribution in [2.24, 2.45) is 7.05 Å². The Morgan fingerprint density at radius 2 is 2.21 bits per heavy atom. The zero-order valence-corrected chi connectivity index (χ0v) is 11.8. The summed E-state index contributed by atoms with van der Waals surface area (Å²) in [5.41, 5.74) is 2.49. The molecule has 19 heavy (non-hydrogen) atoms. The van der Waals surface area contributed by atoms with Crippen LogP contribution in [0, 0.1) is 12.7 Å². The second-order valence-electron chi connectivity index (χ2n) is 4.18. The van der Waals surface area contributed by atoms with Gasteiger partial charge in [-0.15, -0.1) is 0 Å². The van der Waals surface area contributed by atoms with Gasteiger partial charge in [0.25, 0.3) is 0 Å². The molecule has 2 aromatic rings. The van der Waals surface area contributed by atoms with Crippen LogP contribution in [0.2, 0.25) is 5.15 Å². The number of rotatable bonds is 4. The molecule has 0 bridgehead atoms. The second kappa shape index (κ2) is 5.48. The van der Waals surface area contributed by atoms with Crippen LogP contribution in [0.25, 0.3) is 0 Å². The summed E-state index contributed by atoms with van der Waals surface area (Å²) in [5.74, 6) is 0.121. The average Bonchev–Trinajstić information content (AvgIpc) is 2.62. The lowest BCUT2D eigenvalue weighted by atomic mass is 10.2. The van der Waals surface area contributed by atoms with Gasteiger partial charge in [0.15, 0.2) is 0 Å².